The van der Waals surface area contributed by atoms with Gasteiger partial charge in [0.15, 0.2) is 0 Å². The average Bonchev–Trinajstić information content (AvgIpc) is 2.93. The van der Waals surface area contributed by atoms with Crippen LogP contribution < -0.4 is 5.46 Å². The fourth-order valence-corrected chi connectivity index (χ4v) is 2.05. The normalized spacial score (nSPS) is 18.5. The molecule has 19 heavy (non-hydrogen) atoms. The zero-order valence-corrected chi connectivity index (χ0v) is 11.0. The number of nitrogens with zero attached hydrogens (tertiary/aromatic N) is 3. The molecule has 0 aliphatic carbocycles. The third kappa shape index (κ3) is 2.52. The summed E-state index contributed by atoms with van der Waals surface area (Å²) in [5.41, 5.74) is 1.86. The van der Waals surface area contributed by atoms with E-state index in [2.05, 4.69) is 34.5 Å². The zero-order valence-electron chi connectivity index (χ0n) is 11.0. The predicted molar refractivity (Wildman–Crippen MR) is 70.7 cm³/mol. The van der Waals surface area contributed by atoms with Crippen molar-refractivity contribution in [3.8, 4) is 11.4 Å². The van der Waals surface area contributed by atoms with E-state index < -0.39 is 0 Å². The van der Waals surface area contributed by atoms with Gasteiger partial charge >= 0.3 is 7.12 Å². The van der Waals surface area contributed by atoms with Crippen LogP contribution in [0.1, 0.15) is 13.8 Å². The number of aromatic amines is 1. The number of benzene rings is 1. The van der Waals surface area contributed by atoms with Crippen molar-refractivity contribution < 1.29 is 9.31 Å². The van der Waals surface area contributed by atoms with Crippen molar-refractivity contribution in [2.45, 2.75) is 13.8 Å². The lowest BCUT2D eigenvalue weighted by Crippen LogP contribution is -2.48. The number of aromatic nitrogens is 4. The van der Waals surface area contributed by atoms with E-state index in [0.717, 1.165) is 11.0 Å². The van der Waals surface area contributed by atoms with Gasteiger partial charge in [-0.25, -0.2) is 0 Å². The van der Waals surface area contributed by atoms with E-state index >= 15 is 0 Å². The Morgan fingerprint density at radius 1 is 1.21 bits per heavy atom. The smallest absolute Gasteiger partial charge is 0.407 e. The Balaban J connectivity index is 1.90. The van der Waals surface area contributed by atoms with E-state index in [9.17, 15) is 0 Å². The molecule has 98 valence electrons. The van der Waals surface area contributed by atoms with Crippen molar-refractivity contribution in [3.05, 3.63) is 24.3 Å². The number of rotatable bonds is 2. The summed E-state index contributed by atoms with van der Waals surface area (Å²) in [6.07, 6.45) is 0. The molecule has 0 spiro atoms. The summed E-state index contributed by atoms with van der Waals surface area (Å²) in [7, 11) is -0.372. The molecule has 7 heteroatoms. The Morgan fingerprint density at radius 3 is 2.63 bits per heavy atom. The predicted octanol–water partition coefficient (Wildman–Crippen LogP) is 0.635. The molecule has 0 radical (unpaired) electrons. The van der Waals surface area contributed by atoms with E-state index in [-0.39, 0.29) is 12.5 Å². The van der Waals surface area contributed by atoms with Crippen LogP contribution in [0.4, 0.5) is 0 Å². The minimum absolute atomic E-state index is 0.0532. The van der Waals surface area contributed by atoms with Gasteiger partial charge in [-0.15, -0.1) is 10.2 Å². The van der Waals surface area contributed by atoms with Gasteiger partial charge in [0.25, 0.3) is 0 Å². The van der Waals surface area contributed by atoms with Crippen molar-refractivity contribution in [1.29, 1.82) is 0 Å². The Labute approximate surface area is 111 Å². The highest BCUT2D eigenvalue weighted by Crippen LogP contribution is 2.22. The van der Waals surface area contributed by atoms with Crippen molar-refractivity contribution in [3.63, 3.8) is 0 Å². The average molecular weight is 258 g/mol. The quantitative estimate of drug-likeness (QED) is 0.800. The number of H-pyrrole nitrogens is 1. The molecule has 1 aliphatic heterocycles. The molecule has 1 saturated heterocycles. The molecular weight excluding hydrogens is 243 g/mol. The molecule has 0 saturated carbocycles. The van der Waals surface area contributed by atoms with Crippen molar-refractivity contribution >= 4 is 12.6 Å². The molecule has 1 aromatic carbocycles. The van der Waals surface area contributed by atoms with Crippen LogP contribution in [-0.2, 0) is 9.31 Å². The van der Waals surface area contributed by atoms with Gasteiger partial charge in [0, 0.05) is 24.2 Å². The molecule has 1 N–H and O–H groups in total. The summed E-state index contributed by atoms with van der Waals surface area (Å²) < 4.78 is 11.6. The summed E-state index contributed by atoms with van der Waals surface area (Å²) in [5.74, 6) is 0.549. The van der Waals surface area contributed by atoms with Gasteiger partial charge in [0.1, 0.15) is 0 Å². The highest BCUT2D eigenvalue weighted by Gasteiger charge is 2.35. The topological polar surface area (TPSA) is 72.9 Å². The summed E-state index contributed by atoms with van der Waals surface area (Å²) in [4.78, 5) is 0. The molecule has 0 atom stereocenters. The standard InChI is InChI=1S/C12H15BN4O2/c1-12(2)7-18-13(19-8-12)10-6-4-3-5-9(10)11-14-16-17-15-11/h3-6H,7-8H2,1-2H3,(H,14,15,16,17). The van der Waals surface area contributed by atoms with Gasteiger partial charge in [-0.2, -0.15) is 5.21 Å². The molecule has 1 aromatic heterocycles. The molecule has 6 nitrogen and oxygen atoms in total. The van der Waals surface area contributed by atoms with Crippen LogP contribution in [0.5, 0.6) is 0 Å². The molecule has 2 aromatic rings. The van der Waals surface area contributed by atoms with Gasteiger partial charge in [-0.1, -0.05) is 38.1 Å². The van der Waals surface area contributed by atoms with Crippen LogP contribution in [0.2, 0.25) is 0 Å². The maximum absolute atomic E-state index is 5.81. The maximum Gasteiger partial charge on any atom is 0.494 e. The second kappa shape index (κ2) is 4.75. The lowest BCUT2D eigenvalue weighted by molar-refractivity contribution is 0.0343. The van der Waals surface area contributed by atoms with E-state index in [1.54, 1.807) is 0 Å². The number of nitrogens with one attached hydrogen (secondary N) is 1. The summed E-state index contributed by atoms with van der Waals surface area (Å²) in [6, 6.07) is 7.79. The number of tetrazole rings is 1. The van der Waals surface area contributed by atoms with Crippen LogP contribution in [-0.4, -0.2) is 41.0 Å². The lowest BCUT2D eigenvalue weighted by atomic mass is 9.73. The molecule has 1 aliphatic rings. The van der Waals surface area contributed by atoms with Crippen molar-refractivity contribution in [2.24, 2.45) is 5.41 Å². The SMILES string of the molecule is CC1(C)COB(c2ccccc2-c2nn[nH]n2)OC1. The van der Waals surface area contributed by atoms with E-state index in [1.807, 2.05) is 24.3 Å². The van der Waals surface area contributed by atoms with E-state index in [0.29, 0.717) is 19.0 Å². The first-order valence-electron chi connectivity index (χ1n) is 6.22. The Morgan fingerprint density at radius 2 is 1.95 bits per heavy atom. The Bertz CT molecular complexity index is 549. The van der Waals surface area contributed by atoms with E-state index in [1.165, 1.54) is 0 Å². The summed E-state index contributed by atoms with van der Waals surface area (Å²) >= 11 is 0. The highest BCUT2D eigenvalue weighted by atomic mass is 16.6. The fraction of sp³-hybridized carbons (Fsp3) is 0.417. The van der Waals surface area contributed by atoms with Crippen LogP contribution in [0.25, 0.3) is 11.4 Å². The molecule has 0 bridgehead atoms. The molecule has 0 amide bonds. The first-order valence-corrected chi connectivity index (χ1v) is 6.22. The van der Waals surface area contributed by atoms with Crippen LogP contribution in [0.15, 0.2) is 24.3 Å². The second-order valence-electron chi connectivity index (χ2n) is 5.44. The first-order chi connectivity index (χ1) is 9.16. The van der Waals surface area contributed by atoms with E-state index in [4.69, 9.17) is 9.31 Å². The van der Waals surface area contributed by atoms with Gasteiger partial charge < -0.3 is 9.31 Å². The van der Waals surface area contributed by atoms with Crippen LogP contribution >= 0.6 is 0 Å². The number of hydrogen-bond acceptors (Lipinski definition) is 5. The summed E-state index contributed by atoms with van der Waals surface area (Å²) in [6.45, 7) is 5.57. The van der Waals surface area contributed by atoms with Crippen LogP contribution in [0, 0.1) is 5.41 Å². The minimum atomic E-state index is -0.372. The zero-order chi connectivity index (χ0) is 13.3. The molecular formula is C12H15BN4O2. The highest BCUT2D eigenvalue weighted by molar-refractivity contribution is 6.63. The third-order valence-electron chi connectivity index (χ3n) is 3.05. The largest absolute Gasteiger partial charge is 0.494 e. The maximum atomic E-state index is 5.81. The molecule has 1 fully saturated rings. The third-order valence-corrected chi connectivity index (χ3v) is 3.05. The summed E-state index contributed by atoms with van der Waals surface area (Å²) in [5, 5.41) is 14.1. The molecule has 3 rings (SSSR count). The first kappa shape index (κ1) is 12.3. The van der Waals surface area contributed by atoms with Gasteiger partial charge in [0.05, 0.1) is 0 Å². The van der Waals surface area contributed by atoms with Crippen LogP contribution in [0.3, 0.4) is 0 Å². The van der Waals surface area contributed by atoms with Gasteiger partial charge in [-0.05, 0) is 10.7 Å². The monoisotopic (exact) mass is 258 g/mol. The van der Waals surface area contributed by atoms with Gasteiger partial charge in [0.2, 0.25) is 5.82 Å². The van der Waals surface area contributed by atoms with Crippen molar-refractivity contribution in [1.82, 2.24) is 20.6 Å². The fourth-order valence-electron chi connectivity index (χ4n) is 2.05. The lowest BCUT2D eigenvalue weighted by Gasteiger charge is -2.33. The van der Waals surface area contributed by atoms with Gasteiger partial charge in [-0.3, -0.25) is 0 Å². The Hall–Kier alpha value is -1.73. The molecule has 2 heterocycles. The van der Waals surface area contributed by atoms with Crippen molar-refractivity contribution in [2.75, 3.05) is 13.2 Å². The minimum Gasteiger partial charge on any atom is -0.407 e. The number of hydrogen-bond donors (Lipinski definition) is 1. The molecule has 0 unspecified atom stereocenters. The second-order valence-corrected chi connectivity index (χ2v) is 5.44. The Kier molecular flexibility index (Phi) is 3.08.